The summed E-state index contributed by atoms with van der Waals surface area (Å²) in [4.78, 5) is 25.9. The van der Waals surface area contributed by atoms with Gasteiger partial charge in [0.2, 0.25) is 0 Å². The van der Waals surface area contributed by atoms with E-state index in [1.165, 1.54) is 25.2 Å². The maximum Gasteiger partial charge on any atom is 0.324 e. The van der Waals surface area contributed by atoms with Crippen LogP contribution < -0.4 is 4.73 Å². The van der Waals surface area contributed by atoms with Gasteiger partial charge in [-0.15, -0.1) is 0 Å². The first-order valence-electron chi connectivity index (χ1n) is 10.0. The van der Waals surface area contributed by atoms with Gasteiger partial charge in [0.1, 0.15) is 23.9 Å². The number of ether oxygens (including phenoxy) is 2. The third-order valence-electron chi connectivity index (χ3n) is 5.62. The van der Waals surface area contributed by atoms with Crippen molar-refractivity contribution >= 4 is 23.3 Å². The summed E-state index contributed by atoms with van der Waals surface area (Å²) in [6.07, 6.45) is 0. The van der Waals surface area contributed by atoms with Crippen LogP contribution in [0.5, 0.6) is 0 Å². The molecule has 0 spiro atoms. The van der Waals surface area contributed by atoms with Crippen LogP contribution in [-0.2, 0) is 25.6 Å². The summed E-state index contributed by atoms with van der Waals surface area (Å²) in [5, 5.41) is 17.0. The highest BCUT2D eigenvalue weighted by atomic mass is 32.1. The van der Waals surface area contributed by atoms with Crippen LogP contribution in [0.3, 0.4) is 0 Å². The normalized spacial score (nSPS) is 17.3. The molecule has 3 heterocycles. The van der Waals surface area contributed by atoms with Crippen LogP contribution in [0.2, 0.25) is 0 Å². The second-order valence-corrected chi connectivity index (χ2v) is 8.93. The summed E-state index contributed by atoms with van der Waals surface area (Å²) < 4.78 is 13.5. The largest absolute Gasteiger partial charge is 0.711 e. The van der Waals surface area contributed by atoms with Gasteiger partial charge in [0.15, 0.2) is 5.92 Å². The zero-order valence-corrected chi connectivity index (χ0v) is 18.6. The number of imidazole rings is 1. The van der Waals surface area contributed by atoms with E-state index in [9.17, 15) is 14.8 Å². The van der Waals surface area contributed by atoms with Gasteiger partial charge >= 0.3 is 11.9 Å². The SMILES string of the molecule is Cc1c(C)[n+]([O-])c([C@@H](c2ccsc2)C2C(=O)OC(C)(C)OC2=O)n1Cc1ccccc1. The fourth-order valence-electron chi connectivity index (χ4n) is 4.00. The number of carbonyl (C=O) groups excluding carboxylic acids is 2. The molecule has 1 aliphatic heterocycles. The molecule has 0 N–H and O–H groups in total. The lowest BCUT2D eigenvalue weighted by molar-refractivity contribution is -0.621. The molecule has 7 nitrogen and oxygen atoms in total. The molecule has 162 valence electrons. The Morgan fingerprint density at radius 3 is 2.35 bits per heavy atom. The minimum absolute atomic E-state index is 0.316. The number of rotatable bonds is 5. The van der Waals surface area contributed by atoms with Gasteiger partial charge in [0, 0.05) is 27.7 Å². The molecule has 1 aliphatic rings. The molecule has 31 heavy (non-hydrogen) atoms. The number of hydrogen-bond acceptors (Lipinski definition) is 6. The lowest BCUT2D eigenvalue weighted by atomic mass is 9.85. The van der Waals surface area contributed by atoms with E-state index in [2.05, 4.69) is 0 Å². The highest BCUT2D eigenvalue weighted by Crippen LogP contribution is 2.38. The number of carbonyl (C=O) groups is 2. The molecule has 1 saturated heterocycles. The number of hydrogen-bond donors (Lipinski definition) is 0. The average molecular weight is 441 g/mol. The predicted octanol–water partition coefficient (Wildman–Crippen LogP) is 3.43. The molecule has 2 aromatic heterocycles. The minimum Gasteiger partial charge on any atom is -0.711 e. The topological polar surface area (TPSA) is 84.5 Å². The first-order valence-corrected chi connectivity index (χ1v) is 10.9. The molecular formula is C23H24N2O5S. The van der Waals surface area contributed by atoms with E-state index in [1.54, 1.807) is 6.92 Å². The third kappa shape index (κ3) is 3.83. The highest BCUT2D eigenvalue weighted by molar-refractivity contribution is 7.08. The van der Waals surface area contributed by atoms with Gasteiger partial charge in [-0.3, -0.25) is 9.59 Å². The molecule has 1 aromatic carbocycles. The Kier molecular flexibility index (Phi) is 5.35. The second-order valence-electron chi connectivity index (χ2n) is 8.15. The number of aromatic nitrogens is 2. The maximum atomic E-state index is 13.3. The number of esters is 2. The molecule has 0 bridgehead atoms. The van der Waals surface area contributed by atoms with Crippen molar-refractivity contribution in [3.05, 3.63) is 80.7 Å². The molecule has 1 fully saturated rings. The van der Waals surface area contributed by atoms with Crippen LogP contribution in [0.4, 0.5) is 0 Å². The van der Waals surface area contributed by atoms with Gasteiger partial charge in [-0.1, -0.05) is 30.3 Å². The lowest BCUT2D eigenvalue weighted by Crippen LogP contribution is -2.50. The van der Waals surface area contributed by atoms with E-state index in [-0.39, 0.29) is 0 Å². The van der Waals surface area contributed by atoms with Gasteiger partial charge < -0.3 is 14.7 Å². The highest BCUT2D eigenvalue weighted by Gasteiger charge is 2.52. The molecule has 1 atom stereocenters. The Bertz CT molecular complexity index is 1100. The van der Waals surface area contributed by atoms with Crippen LogP contribution in [0.1, 0.15) is 48.1 Å². The monoisotopic (exact) mass is 440 g/mol. The first-order chi connectivity index (χ1) is 14.7. The van der Waals surface area contributed by atoms with Crippen molar-refractivity contribution < 1.29 is 23.8 Å². The summed E-state index contributed by atoms with van der Waals surface area (Å²) in [6.45, 7) is 7.05. The fourth-order valence-corrected chi connectivity index (χ4v) is 4.70. The van der Waals surface area contributed by atoms with E-state index in [0.717, 1.165) is 16.0 Å². The first kappa shape index (κ1) is 21.1. The lowest BCUT2D eigenvalue weighted by Gasteiger charge is -2.35. The zero-order chi connectivity index (χ0) is 22.3. The van der Waals surface area contributed by atoms with Crippen LogP contribution in [0.15, 0.2) is 47.2 Å². The Balaban J connectivity index is 1.88. The molecule has 8 heteroatoms. The smallest absolute Gasteiger partial charge is 0.324 e. The van der Waals surface area contributed by atoms with Gasteiger partial charge in [-0.2, -0.15) is 11.3 Å². The Hall–Kier alpha value is -3.13. The molecule has 0 aliphatic carbocycles. The van der Waals surface area contributed by atoms with Crippen LogP contribution in [0.25, 0.3) is 0 Å². The predicted molar refractivity (Wildman–Crippen MR) is 114 cm³/mol. The van der Waals surface area contributed by atoms with E-state index < -0.39 is 29.6 Å². The van der Waals surface area contributed by atoms with Crippen molar-refractivity contribution in [3.8, 4) is 0 Å². The van der Waals surface area contributed by atoms with E-state index in [4.69, 9.17) is 9.47 Å². The maximum absolute atomic E-state index is 13.3. The summed E-state index contributed by atoms with van der Waals surface area (Å²) in [5.74, 6) is -4.52. The van der Waals surface area contributed by atoms with Crippen molar-refractivity contribution in [2.24, 2.45) is 5.92 Å². The average Bonchev–Trinajstić information content (AvgIpc) is 3.30. The Morgan fingerprint density at radius 2 is 1.77 bits per heavy atom. The van der Waals surface area contributed by atoms with Crippen molar-refractivity contribution in [3.63, 3.8) is 0 Å². The van der Waals surface area contributed by atoms with Gasteiger partial charge in [-0.05, 0) is 28.0 Å². The molecule has 0 unspecified atom stereocenters. The fraction of sp³-hybridized carbons (Fsp3) is 0.348. The summed E-state index contributed by atoms with van der Waals surface area (Å²) in [6, 6.07) is 11.6. The van der Waals surface area contributed by atoms with Crippen molar-refractivity contribution in [2.45, 2.75) is 45.9 Å². The molecular weight excluding hydrogens is 416 g/mol. The number of thiophene rings is 1. The van der Waals surface area contributed by atoms with Gasteiger partial charge in [0.05, 0.1) is 0 Å². The molecule has 0 radical (unpaired) electrons. The van der Waals surface area contributed by atoms with E-state index >= 15 is 0 Å². The van der Waals surface area contributed by atoms with Crippen LogP contribution in [0, 0.1) is 25.0 Å². The van der Waals surface area contributed by atoms with Crippen molar-refractivity contribution in [2.75, 3.05) is 0 Å². The minimum atomic E-state index is -1.34. The van der Waals surface area contributed by atoms with Gasteiger partial charge in [0.25, 0.3) is 11.6 Å². The Labute approximate surface area is 184 Å². The standard InChI is InChI=1S/C23H24N2O5S/c1-14-15(2)25(28)20(24(14)12-16-8-6-5-7-9-16)18(17-10-11-31-13-17)19-21(26)29-23(3,4)30-22(19)27/h5-11,13,18-19H,12H2,1-4H3/t18-/m0/s1. The Morgan fingerprint density at radius 1 is 1.13 bits per heavy atom. The third-order valence-corrected chi connectivity index (χ3v) is 6.32. The zero-order valence-electron chi connectivity index (χ0n) is 17.8. The number of benzene rings is 1. The molecule has 3 aromatic rings. The van der Waals surface area contributed by atoms with Crippen molar-refractivity contribution in [1.82, 2.24) is 4.57 Å². The number of cyclic esters (lactones) is 2. The molecule has 0 amide bonds. The number of nitrogens with zero attached hydrogens (tertiary/aromatic N) is 2. The quantitative estimate of drug-likeness (QED) is 0.263. The molecule has 0 saturated carbocycles. The van der Waals surface area contributed by atoms with Crippen molar-refractivity contribution in [1.29, 1.82) is 0 Å². The molecule has 4 rings (SSSR count). The summed E-state index contributed by atoms with van der Waals surface area (Å²) >= 11 is 1.43. The van der Waals surface area contributed by atoms with E-state index in [1.807, 2.05) is 58.6 Å². The van der Waals surface area contributed by atoms with E-state index in [0.29, 0.717) is 23.6 Å². The second kappa shape index (κ2) is 7.85. The summed E-state index contributed by atoms with van der Waals surface area (Å²) in [7, 11) is 0. The summed E-state index contributed by atoms with van der Waals surface area (Å²) in [5.41, 5.74) is 2.98. The van der Waals surface area contributed by atoms with Crippen LogP contribution >= 0.6 is 11.3 Å². The van der Waals surface area contributed by atoms with Crippen LogP contribution in [-0.4, -0.2) is 22.3 Å². The van der Waals surface area contributed by atoms with Gasteiger partial charge in [-0.25, -0.2) is 9.30 Å².